The smallest absolute Gasteiger partial charge is 0.155 e. The molecule has 0 amide bonds. The Morgan fingerprint density at radius 1 is 1.21 bits per heavy atom. The van der Waals surface area contributed by atoms with Gasteiger partial charge in [-0.3, -0.25) is 0 Å². The summed E-state index contributed by atoms with van der Waals surface area (Å²) in [6.07, 6.45) is 1.89. The van der Waals surface area contributed by atoms with Crippen LogP contribution < -0.4 is 0 Å². The van der Waals surface area contributed by atoms with Gasteiger partial charge in [-0.15, -0.1) is 0 Å². The lowest BCUT2D eigenvalue weighted by Gasteiger charge is -2.32. The predicted octanol–water partition coefficient (Wildman–Crippen LogP) is 0.0373. The summed E-state index contributed by atoms with van der Waals surface area (Å²) in [6.45, 7) is 2.61. The van der Waals surface area contributed by atoms with E-state index >= 15 is 0 Å². The summed E-state index contributed by atoms with van der Waals surface area (Å²) in [6, 6.07) is 0. The van der Waals surface area contributed by atoms with Crippen LogP contribution in [0.2, 0.25) is 0 Å². The zero-order valence-electron chi connectivity index (χ0n) is 11.7. The second kappa shape index (κ2) is 8.84. The van der Waals surface area contributed by atoms with Gasteiger partial charge in [0, 0.05) is 20.1 Å². The van der Waals surface area contributed by atoms with E-state index in [1.54, 1.807) is 7.11 Å². The van der Waals surface area contributed by atoms with Crippen molar-refractivity contribution in [2.45, 2.75) is 63.3 Å². The van der Waals surface area contributed by atoms with Gasteiger partial charge in [-0.25, -0.2) is 0 Å². The Morgan fingerprint density at radius 3 is 2.42 bits per heavy atom. The Labute approximate surface area is 114 Å². The molecular weight excluding hydrogens is 252 g/mol. The highest BCUT2D eigenvalue weighted by molar-refractivity contribution is 4.75. The lowest BCUT2D eigenvalue weighted by atomic mass is 10.1. The zero-order chi connectivity index (χ0) is 14.3. The summed E-state index contributed by atoms with van der Waals surface area (Å²) in [5.74, 6) is 0. The maximum absolute atomic E-state index is 9.04. The number of hydrogen-bond acceptors (Lipinski definition) is 6. The van der Waals surface area contributed by atoms with Crippen LogP contribution in [0, 0.1) is 0 Å². The lowest BCUT2D eigenvalue weighted by molar-refractivity contribution is -0.213. The van der Waals surface area contributed by atoms with Crippen LogP contribution in [0.4, 0.5) is 0 Å². The van der Waals surface area contributed by atoms with Crippen LogP contribution in [0.15, 0.2) is 0 Å². The van der Waals surface area contributed by atoms with E-state index in [0.29, 0.717) is 6.42 Å². The number of aliphatic hydroxyl groups is 3. The molecule has 0 aliphatic carbocycles. The number of aliphatic hydroxyl groups excluding tert-OH is 3. The van der Waals surface area contributed by atoms with Gasteiger partial charge in [0.15, 0.2) is 6.29 Å². The third kappa shape index (κ3) is 6.16. The highest BCUT2D eigenvalue weighted by Gasteiger charge is 2.29. The van der Waals surface area contributed by atoms with Crippen LogP contribution in [0.3, 0.4) is 0 Å². The average Bonchev–Trinajstić information content (AvgIpc) is 2.39. The van der Waals surface area contributed by atoms with E-state index in [1.165, 1.54) is 0 Å². The molecule has 6 nitrogen and oxygen atoms in total. The molecular formula is C13H26O6. The molecule has 19 heavy (non-hydrogen) atoms. The van der Waals surface area contributed by atoms with Gasteiger partial charge in [-0.1, -0.05) is 0 Å². The molecule has 0 saturated carbocycles. The minimum absolute atomic E-state index is 0.0802. The van der Waals surface area contributed by atoms with Crippen LogP contribution in [0.25, 0.3) is 0 Å². The molecule has 0 spiro atoms. The summed E-state index contributed by atoms with van der Waals surface area (Å²) in [5, 5.41) is 26.8. The van der Waals surface area contributed by atoms with Crippen LogP contribution in [-0.4, -0.2) is 66.3 Å². The molecule has 3 N–H and O–H groups in total. The monoisotopic (exact) mass is 278 g/mol. The van der Waals surface area contributed by atoms with Gasteiger partial charge in [0.25, 0.3) is 0 Å². The van der Waals surface area contributed by atoms with Crippen molar-refractivity contribution in [3.05, 3.63) is 0 Å². The van der Waals surface area contributed by atoms with Crippen LogP contribution >= 0.6 is 0 Å². The molecule has 0 aromatic rings. The molecule has 3 unspecified atom stereocenters. The average molecular weight is 278 g/mol. The van der Waals surface area contributed by atoms with Gasteiger partial charge < -0.3 is 29.5 Å². The Morgan fingerprint density at radius 2 is 1.95 bits per heavy atom. The van der Waals surface area contributed by atoms with Gasteiger partial charge in [-0.05, 0) is 26.2 Å². The van der Waals surface area contributed by atoms with Gasteiger partial charge in [0.2, 0.25) is 0 Å². The zero-order valence-corrected chi connectivity index (χ0v) is 11.7. The summed E-state index contributed by atoms with van der Waals surface area (Å²) < 4.78 is 15.3. The van der Waals surface area contributed by atoms with E-state index in [2.05, 4.69) is 0 Å². The third-order valence-electron chi connectivity index (χ3n) is 3.38. The van der Waals surface area contributed by atoms with Crippen molar-refractivity contribution in [2.24, 2.45) is 0 Å². The van der Waals surface area contributed by atoms with Crippen molar-refractivity contribution in [3.8, 4) is 0 Å². The molecule has 2 heterocycles. The summed E-state index contributed by atoms with van der Waals surface area (Å²) in [5.41, 5.74) is 0. The van der Waals surface area contributed by atoms with Crippen molar-refractivity contribution in [3.63, 3.8) is 0 Å². The topological polar surface area (TPSA) is 88.4 Å². The van der Waals surface area contributed by atoms with E-state index in [4.69, 9.17) is 29.5 Å². The third-order valence-corrected chi connectivity index (χ3v) is 3.38. The van der Waals surface area contributed by atoms with E-state index < -0.39 is 6.29 Å². The SMILES string of the molecule is CC1CC(O)CCO1.CO[C@H]1CC[C@@H](O)OC1CO. The van der Waals surface area contributed by atoms with Crippen molar-refractivity contribution in [2.75, 3.05) is 20.3 Å². The second-order valence-electron chi connectivity index (χ2n) is 5.02. The Balaban J connectivity index is 0.000000200. The van der Waals surface area contributed by atoms with E-state index in [0.717, 1.165) is 25.9 Å². The Bertz CT molecular complexity index is 229. The molecule has 6 heteroatoms. The molecule has 0 radical (unpaired) electrons. The highest BCUT2D eigenvalue weighted by Crippen LogP contribution is 2.19. The number of methoxy groups -OCH3 is 1. The molecule has 2 fully saturated rings. The maximum Gasteiger partial charge on any atom is 0.155 e. The summed E-state index contributed by atoms with van der Waals surface area (Å²) in [7, 11) is 1.58. The van der Waals surface area contributed by atoms with Crippen molar-refractivity contribution in [1.29, 1.82) is 0 Å². The van der Waals surface area contributed by atoms with Crippen LogP contribution in [-0.2, 0) is 14.2 Å². The van der Waals surface area contributed by atoms with Crippen molar-refractivity contribution >= 4 is 0 Å². The number of hydrogen-bond donors (Lipinski definition) is 3. The fraction of sp³-hybridized carbons (Fsp3) is 1.00. The Hall–Kier alpha value is -0.240. The molecule has 5 atom stereocenters. The quantitative estimate of drug-likeness (QED) is 0.661. The van der Waals surface area contributed by atoms with Gasteiger partial charge in [0.05, 0.1) is 24.9 Å². The molecule has 2 aliphatic rings. The number of ether oxygens (including phenoxy) is 3. The molecule has 0 aromatic heterocycles. The highest BCUT2D eigenvalue weighted by atomic mass is 16.6. The normalized spacial score (nSPS) is 39.3. The van der Waals surface area contributed by atoms with Gasteiger partial charge >= 0.3 is 0 Å². The van der Waals surface area contributed by atoms with Crippen LogP contribution in [0.1, 0.15) is 32.6 Å². The summed E-state index contributed by atoms with van der Waals surface area (Å²) in [4.78, 5) is 0. The van der Waals surface area contributed by atoms with Gasteiger partial charge in [0.1, 0.15) is 6.10 Å². The molecule has 2 rings (SSSR count). The van der Waals surface area contributed by atoms with Crippen LogP contribution in [0.5, 0.6) is 0 Å². The van der Waals surface area contributed by atoms with E-state index in [1.807, 2.05) is 6.92 Å². The predicted molar refractivity (Wildman–Crippen MR) is 68.7 cm³/mol. The first-order valence-electron chi connectivity index (χ1n) is 6.83. The maximum atomic E-state index is 9.04. The lowest BCUT2D eigenvalue weighted by Crippen LogP contribution is -2.42. The standard InChI is InChI=1S/C7H14O4.C6H12O2/c1-10-5-2-3-7(9)11-6(5)4-8;1-5-4-6(7)2-3-8-5/h5-9H,2-4H2,1H3;5-7H,2-4H2,1H3/t5-,6?,7-;/m0./s1. The van der Waals surface area contributed by atoms with Crippen molar-refractivity contribution in [1.82, 2.24) is 0 Å². The fourth-order valence-corrected chi connectivity index (χ4v) is 2.25. The largest absolute Gasteiger partial charge is 0.394 e. The molecule has 0 bridgehead atoms. The van der Waals surface area contributed by atoms with E-state index in [9.17, 15) is 0 Å². The molecule has 114 valence electrons. The Kier molecular flexibility index (Phi) is 7.82. The van der Waals surface area contributed by atoms with Crippen molar-refractivity contribution < 1.29 is 29.5 Å². The van der Waals surface area contributed by atoms with E-state index in [-0.39, 0.29) is 31.0 Å². The second-order valence-corrected chi connectivity index (χ2v) is 5.02. The first-order chi connectivity index (χ1) is 9.06. The minimum atomic E-state index is -0.737. The molecule has 2 aliphatic heterocycles. The first-order valence-corrected chi connectivity index (χ1v) is 6.83. The van der Waals surface area contributed by atoms with Gasteiger partial charge in [-0.2, -0.15) is 0 Å². The fourth-order valence-electron chi connectivity index (χ4n) is 2.25. The number of rotatable bonds is 2. The first kappa shape index (κ1) is 16.8. The molecule has 0 aromatic carbocycles. The minimum Gasteiger partial charge on any atom is -0.394 e. The molecule has 2 saturated heterocycles. The summed E-state index contributed by atoms with van der Waals surface area (Å²) >= 11 is 0.